The number of carbonyl (C=O) groups excluding carboxylic acids is 1. The van der Waals surface area contributed by atoms with Crippen LogP contribution in [-0.4, -0.2) is 15.5 Å². The Morgan fingerprint density at radius 1 is 0.931 bits per heavy atom. The van der Waals surface area contributed by atoms with E-state index in [-0.39, 0.29) is 5.91 Å². The van der Waals surface area contributed by atoms with Crippen molar-refractivity contribution >= 4 is 16.9 Å². The number of para-hydroxylation sites is 2. The van der Waals surface area contributed by atoms with Crippen LogP contribution in [0.5, 0.6) is 0 Å². The van der Waals surface area contributed by atoms with Crippen LogP contribution >= 0.6 is 0 Å². The SMILES string of the molecule is Cc1cccc(Cn2c(CNC(=O)CCc3ccccc3)nc3ccccc32)c1. The van der Waals surface area contributed by atoms with Crippen LogP contribution in [0.25, 0.3) is 11.0 Å². The molecule has 0 fully saturated rings. The number of imidazole rings is 1. The monoisotopic (exact) mass is 383 g/mol. The van der Waals surface area contributed by atoms with Crippen LogP contribution in [0.1, 0.15) is 28.9 Å². The molecule has 0 bridgehead atoms. The highest BCUT2D eigenvalue weighted by atomic mass is 16.1. The molecule has 29 heavy (non-hydrogen) atoms. The topological polar surface area (TPSA) is 46.9 Å². The van der Waals surface area contributed by atoms with E-state index in [0.29, 0.717) is 13.0 Å². The van der Waals surface area contributed by atoms with Gasteiger partial charge >= 0.3 is 0 Å². The molecule has 0 radical (unpaired) electrons. The third-order valence-electron chi connectivity index (χ3n) is 5.08. The molecule has 0 aliphatic heterocycles. The van der Waals surface area contributed by atoms with Gasteiger partial charge in [-0.3, -0.25) is 4.79 Å². The molecule has 1 amide bonds. The first kappa shape index (κ1) is 18.9. The quantitative estimate of drug-likeness (QED) is 0.505. The summed E-state index contributed by atoms with van der Waals surface area (Å²) in [5.41, 5.74) is 5.68. The standard InChI is InChI=1S/C25H25N3O/c1-19-8-7-11-21(16-19)18-28-23-13-6-5-12-22(23)27-24(28)17-26-25(29)15-14-20-9-3-2-4-10-20/h2-13,16H,14-15,17-18H2,1H3,(H,26,29). The van der Waals surface area contributed by atoms with Gasteiger partial charge in [0.15, 0.2) is 0 Å². The summed E-state index contributed by atoms with van der Waals surface area (Å²) in [6.45, 7) is 3.26. The molecule has 0 unspecified atom stereocenters. The Balaban J connectivity index is 1.48. The van der Waals surface area contributed by atoms with Crippen LogP contribution in [0.2, 0.25) is 0 Å². The van der Waals surface area contributed by atoms with Crippen molar-refractivity contribution in [1.82, 2.24) is 14.9 Å². The number of carbonyl (C=O) groups is 1. The molecule has 4 nitrogen and oxygen atoms in total. The first-order valence-electron chi connectivity index (χ1n) is 9.99. The van der Waals surface area contributed by atoms with Gasteiger partial charge in [0.25, 0.3) is 0 Å². The van der Waals surface area contributed by atoms with E-state index in [2.05, 4.69) is 59.3 Å². The Kier molecular flexibility index (Phi) is 5.71. The molecule has 0 saturated heterocycles. The summed E-state index contributed by atoms with van der Waals surface area (Å²) in [5.74, 6) is 0.920. The number of amides is 1. The maximum atomic E-state index is 12.4. The van der Waals surface area contributed by atoms with Crippen LogP contribution in [0, 0.1) is 6.92 Å². The van der Waals surface area contributed by atoms with Crippen molar-refractivity contribution in [2.45, 2.75) is 32.9 Å². The Labute approximate surface area is 171 Å². The first-order valence-corrected chi connectivity index (χ1v) is 9.99. The van der Waals surface area contributed by atoms with Crippen LogP contribution in [-0.2, 0) is 24.3 Å². The molecular weight excluding hydrogens is 358 g/mol. The van der Waals surface area contributed by atoms with Gasteiger partial charge in [0.2, 0.25) is 5.91 Å². The average molecular weight is 383 g/mol. The van der Waals surface area contributed by atoms with E-state index in [1.54, 1.807) is 0 Å². The minimum Gasteiger partial charge on any atom is -0.349 e. The van der Waals surface area contributed by atoms with Crippen molar-refractivity contribution in [1.29, 1.82) is 0 Å². The van der Waals surface area contributed by atoms with Crippen molar-refractivity contribution in [3.8, 4) is 0 Å². The van der Waals surface area contributed by atoms with Gasteiger partial charge in [-0.15, -0.1) is 0 Å². The van der Waals surface area contributed by atoms with Crippen molar-refractivity contribution in [2.24, 2.45) is 0 Å². The van der Waals surface area contributed by atoms with E-state index >= 15 is 0 Å². The van der Waals surface area contributed by atoms with Gasteiger partial charge < -0.3 is 9.88 Å². The van der Waals surface area contributed by atoms with Gasteiger partial charge in [0, 0.05) is 13.0 Å². The molecule has 0 aliphatic carbocycles. The minimum absolute atomic E-state index is 0.0445. The zero-order valence-electron chi connectivity index (χ0n) is 16.6. The minimum atomic E-state index is 0.0445. The van der Waals surface area contributed by atoms with Crippen molar-refractivity contribution in [3.63, 3.8) is 0 Å². The highest BCUT2D eigenvalue weighted by Gasteiger charge is 2.12. The van der Waals surface area contributed by atoms with Gasteiger partial charge in [0.05, 0.1) is 17.6 Å². The molecule has 0 saturated carbocycles. The van der Waals surface area contributed by atoms with E-state index in [4.69, 9.17) is 4.98 Å². The Morgan fingerprint density at radius 3 is 2.52 bits per heavy atom. The molecule has 0 spiro atoms. The number of fused-ring (bicyclic) bond motifs is 1. The lowest BCUT2D eigenvalue weighted by Gasteiger charge is -2.11. The Morgan fingerprint density at radius 2 is 1.69 bits per heavy atom. The Hall–Kier alpha value is -3.40. The fourth-order valence-corrected chi connectivity index (χ4v) is 3.60. The average Bonchev–Trinajstić information content (AvgIpc) is 3.09. The predicted octanol–water partition coefficient (Wildman–Crippen LogP) is 4.64. The number of benzene rings is 3. The van der Waals surface area contributed by atoms with Crippen LogP contribution in [0.4, 0.5) is 0 Å². The first-order chi connectivity index (χ1) is 14.2. The fraction of sp³-hybridized carbons (Fsp3) is 0.200. The molecule has 146 valence electrons. The van der Waals surface area contributed by atoms with Gasteiger partial charge in [-0.25, -0.2) is 4.98 Å². The molecule has 1 N–H and O–H groups in total. The summed E-state index contributed by atoms with van der Waals surface area (Å²) in [7, 11) is 0. The van der Waals surface area contributed by atoms with Gasteiger partial charge in [0.1, 0.15) is 5.82 Å². The van der Waals surface area contributed by atoms with Gasteiger partial charge in [-0.2, -0.15) is 0 Å². The van der Waals surface area contributed by atoms with E-state index in [1.165, 1.54) is 16.7 Å². The molecule has 1 aromatic heterocycles. The lowest BCUT2D eigenvalue weighted by Crippen LogP contribution is -2.25. The number of nitrogens with one attached hydrogen (secondary N) is 1. The molecule has 4 heteroatoms. The summed E-state index contributed by atoms with van der Waals surface area (Å²) in [6, 6.07) is 26.7. The highest BCUT2D eigenvalue weighted by Crippen LogP contribution is 2.18. The maximum absolute atomic E-state index is 12.4. The van der Waals surface area contributed by atoms with E-state index in [0.717, 1.165) is 29.8 Å². The molecular formula is C25H25N3O. The van der Waals surface area contributed by atoms with E-state index in [1.807, 2.05) is 36.4 Å². The summed E-state index contributed by atoms with van der Waals surface area (Å²) in [6.07, 6.45) is 1.22. The second kappa shape index (κ2) is 8.74. The smallest absolute Gasteiger partial charge is 0.220 e. The number of aromatic nitrogens is 2. The maximum Gasteiger partial charge on any atom is 0.220 e. The number of hydrogen-bond donors (Lipinski definition) is 1. The third kappa shape index (κ3) is 4.72. The third-order valence-corrected chi connectivity index (χ3v) is 5.08. The molecule has 1 heterocycles. The molecule has 4 aromatic rings. The predicted molar refractivity (Wildman–Crippen MR) is 117 cm³/mol. The molecule has 4 rings (SSSR count). The summed E-state index contributed by atoms with van der Waals surface area (Å²) in [5, 5.41) is 3.05. The van der Waals surface area contributed by atoms with E-state index in [9.17, 15) is 4.79 Å². The van der Waals surface area contributed by atoms with Crippen LogP contribution in [0.15, 0.2) is 78.9 Å². The van der Waals surface area contributed by atoms with Crippen molar-refractivity contribution in [2.75, 3.05) is 0 Å². The van der Waals surface area contributed by atoms with Gasteiger partial charge in [-0.05, 0) is 36.6 Å². The molecule has 3 aromatic carbocycles. The normalized spacial score (nSPS) is 10.9. The summed E-state index contributed by atoms with van der Waals surface area (Å²) >= 11 is 0. The fourth-order valence-electron chi connectivity index (χ4n) is 3.60. The van der Waals surface area contributed by atoms with Crippen molar-refractivity contribution < 1.29 is 4.79 Å². The zero-order chi connectivity index (χ0) is 20.1. The second-order valence-corrected chi connectivity index (χ2v) is 7.35. The number of rotatable bonds is 7. The summed E-state index contributed by atoms with van der Waals surface area (Å²) in [4.78, 5) is 17.1. The largest absolute Gasteiger partial charge is 0.349 e. The Bertz CT molecular complexity index is 1120. The number of nitrogens with zero attached hydrogens (tertiary/aromatic N) is 2. The molecule has 0 atom stereocenters. The molecule has 0 aliphatic rings. The van der Waals surface area contributed by atoms with Crippen LogP contribution < -0.4 is 5.32 Å². The van der Waals surface area contributed by atoms with Crippen LogP contribution in [0.3, 0.4) is 0 Å². The number of hydrogen-bond acceptors (Lipinski definition) is 2. The number of aryl methyl sites for hydroxylation is 2. The lowest BCUT2D eigenvalue weighted by atomic mass is 10.1. The highest BCUT2D eigenvalue weighted by molar-refractivity contribution is 5.77. The van der Waals surface area contributed by atoms with Crippen molar-refractivity contribution in [3.05, 3.63) is 101 Å². The van der Waals surface area contributed by atoms with Gasteiger partial charge in [-0.1, -0.05) is 72.3 Å². The lowest BCUT2D eigenvalue weighted by molar-refractivity contribution is -0.121. The summed E-state index contributed by atoms with van der Waals surface area (Å²) < 4.78 is 2.20. The zero-order valence-corrected chi connectivity index (χ0v) is 16.6. The van der Waals surface area contributed by atoms with E-state index < -0.39 is 0 Å². The second-order valence-electron chi connectivity index (χ2n) is 7.35.